The summed E-state index contributed by atoms with van der Waals surface area (Å²) in [6.45, 7) is 4.04. The fourth-order valence-electron chi connectivity index (χ4n) is 1.34. The molecule has 1 unspecified atom stereocenters. The first kappa shape index (κ1) is 9.69. The van der Waals surface area contributed by atoms with Crippen LogP contribution in [0.5, 0.6) is 0 Å². The van der Waals surface area contributed by atoms with Crippen LogP contribution >= 0.6 is 0 Å². The van der Waals surface area contributed by atoms with Crippen LogP contribution in [0.25, 0.3) is 0 Å². The van der Waals surface area contributed by atoms with Gasteiger partial charge in [-0.3, -0.25) is 0 Å². The topological polar surface area (TPSA) is 29.4 Å². The summed E-state index contributed by atoms with van der Waals surface area (Å²) in [5.74, 6) is 0. The van der Waals surface area contributed by atoms with E-state index >= 15 is 0 Å². The molecule has 0 N–H and O–H groups in total. The number of aryl methyl sites for hydroxylation is 1. The van der Waals surface area contributed by atoms with E-state index in [1.165, 1.54) is 5.56 Å². The first-order valence-electron chi connectivity index (χ1n) is 4.41. The molecule has 0 amide bonds. The van der Waals surface area contributed by atoms with Gasteiger partial charge in [0.05, 0.1) is 6.04 Å². The average molecular weight is 175 g/mol. The molecule has 0 aromatic heterocycles. The maximum absolute atomic E-state index is 10.1. The van der Waals surface area contributed by atoms with Crippen LogP contribution in [0.2, 0.25) is 0 Å². The monoisotopic (exact) mass is 175 g/mol. The number of hydrogen-bond acceptors (Lipinski definition) is 2. The second-order valence-electron chi connectivity index (χ2n) is 3.06. The molecular weight excluding hydrogens is 162 g/mol. The molecule has 0 aliphatic rings. The van der Waals surface area contributed by atoms with Crippen LogP contribution in [0.4, 0.5) is 0 Å². The molecule has 2 heteroatoms. The van der Waals surface area contributed by atoms with Crippen molar-refractivity contribution in [2.75, 3.05) is 0 Å². The van der Waals surface area contributed by atoms with Crippen LogP contribution in [0.1, 0.15) is 30.5 Å². The van der Waals surface area contributed by atoms with Gasteiger partial charge < -0.3 is 0 Å². The van der Waals surface area contributed by atoms with E-state index < -0.39 is 0 Å². The minimum Gasteiger partial charge on any atom is -0.211 e. The van der Waals surface area contributed by atoms with Crippen molar-refractivity contribution in [1.82, 2.24) is 0 Å². The fraction of sp³-hybridized carbons (Fsp3) is 0.364. The molecule has 0 heterocycles. The van der Waals surface area contributed by atoms with Crippen LogP contribution in [-0.4, -0.2) is 6.08 Å². The van der Waals surface area contributed by atoms with Crippen molar-refractivity contribution < 1.29 is 4.79 Å². The average Bonchev–Trinajstić information content (AvgIpc) is 2.14. The number of benzene rings is 1. The van der Waals surface area contributed by atoms with E-state index in [4.69, 9.17) is 0 Å². The Bertz CT molecular complexity index is 327. The van der Waals surface area contributed by atoms with Gasteiger partial charge in [0.1, 0.15) is 0 Å². The third-order valence-corrected chi connectivity index (χ3v) is 2.02. The standard InChI is InChI=1S/C11H13NO/c1-3-11(12-8-13)10-6-4-5-9(2)7-10/h4-7,11H,3H2,1-2H3. The maximum Gasteiger partial charge on any atom is 0.235 e. The van der Waals surface area contributed by atoms with Crippen LogP contribution in [0.3, 0.4) is 0 Å². The van der Waals surface area contributed by atoms with Crippen molar-refractivity contribution in [2.24, 2.45) is 4.99 Å². The largest absolute Gasteiger partial charge is 0.235 e. The van der Waals surface area contributed by atoms with Gasteiger partial charge in [-0.25, -0.2) is 4.79 Å². The zero-order valence-corrected chi connectivity index (χ0v) is 7.95. The molecular formula is C11H13NO. The third kappa shape index (κ3) is 2.53. The second-order valence-corrected chi connectivity index (χ2v) is 3.06. The number of carbonyl (C=O) groups excluding carboxylic acids is 1. The molecule has 2 nitrogen and oxygen atoms in total. The predicted octanol–water partition coefficient (Wildman–Crippen LogP) is 2.78. The smallest absolute Gasteiger partial charge is 0.211 e. The lowest BCUT2D eigenvalue weighted by atomic mass is 10.0. The number of isocyanates is 1. The summed E-state index contributed by atoms with van der Waals surface area (Å²) >= 11 is 0. The maximum atomic E-state index is 10.1. The number of nitrogens with zero attached hydrogens (tertiary/aromatic N) is 1. The van der Waals surface area contributed by atoms with Gasteiger partial charge in [0.15, 0.2) is 0 Å². The lowest BCUT2D eigenvalue weighted by Gasteiger charge is -2.08. The minimum atomic E-state index is -0.0302. The van der Waals surface area contributed by atoms with Crippen molar-refractivity contribution in [3.63, 3.8) is 0 Å². The Balaban J connectivity index is 2.97. The quantitative estimate of drug-likeness (QED) is 0.513. The molecule has 0 spiro atoms. The highest BCUT2D eigenvalue weighted by atomic mass is 16.1. The highest BCUT2D eigenvalue weighted by Crippen LogP contribution is 2.20. The zero-order valence-electron chi connectivity index (χ0n) is 7.95. The lowest BCUT2D eigenvalue weighted by molar-refractivity contribution is 0.556. The van der Waals surface area contributed by atoms with Crippen LogP contribution in [0.15, 0.2) is 29.3 Å². The van der Waals surface area contributed by atoms with Crippen LogP contribution in [0, 0.1) is 6.92 Å². The summed E-state index contributed by atoms with van der Waals surface area (Å²) in [4.78, 5) is 13.9. The van der Waals surface area contributed by atoms with Gasteiger partial charge >= 0.3 is 0 Å². The second kappa shape index (κ2) is 4.58. The molecule has 0 saturated heterocycles. The Kier molecular flexibility index (Phi) is 3.41. The number of hydrogen-bond donors (Lipinski definition) is 0. The summed E-state index contributed by atoms with van der Waals surface area (Å²) < 4.78 is 0. The minimum absolute atomic E-state index is 0.0302. The SMILES string of the molecule is CCC(N=C=O)c1cccc(C)c1. The molecule has 0 saturated carbocycles. The number of rotatable bonds is 3. The van der Waals surface area contributed by atoms with Crippen LogP contribution < -0.4 is 0 Å². The van der Waals surface area contributed by atoms with Crippen molar-refractivity contribution in [3.8, 4) is 0 Å². The summed E-state index contributed by atoms with van der Waals surface area (Å²) in [6, 6.07) is 8.02. The molecule has 0 radical (unpaired) electrons. The van der Waals surface area contributed by atoms with Gasteiger partial charge in [0, 0.05) is 0 Å². The molecule has 1 aromatic rings. The normalized spacial score (nSPS) is 11.8. The molecule has 68 valence electrons. The molecule has 1 rings (SSSR count). The van der Waals surface area contributed by atoms with Gasteiger partial charge in [-0.05, 0) is 18.9 Å². The fourth-order valence-corrected chi connectivity index (χ4v) is 1.34. The van der Waals surface area contributed by atoms with Crippen molar-refractivity contribution in [1.29, 1.82) is 0 Å². The Hall–Kier alpha value is -1.40. The van der Waals surface area contributed by atoms with Gasteiger partial charge in [0.2, 0.25) is 6.08 Å². The molecule has 0 bridgehead atoms. The summed E-state index contributed by atoms with van der Waals surface area (Å²) in [6.07, 6.45) is 2.44. The molecule has 0 aliphatic carbocycles. The zero-order chi connectivity index (χ0) is 9.68. The van der Waals surface area contributed by atoms with Gasteiger partial charge in [-0.1, -0.05) is 36.8 Å². The Morgan fingerprint density at radius 3 is 2.85 bits per heavy atom. The summed E-state index contributed by atoms with van der Waals surface area (Å²) in [5.41, 5.74) is 2.28. The van der Waals surface area contributed by atoms with Gasteiger partial charge in [-0.15, -0.1) is 0 Å². The molecule has 1 aromatic carbocycles. The van der Waals surface area contributed by atoms with E-state index in [1.807, 2.05) is 32.0 Å². The van der Waals surface area contributed by atoms with E-state index in [2.05, 4.69) is 11.1 Å². The third-order valence-electron chi connectivity index (χ3n) is 2.02. The highest BCUT2D eigenvalue weighted by Gasteiger charge is 2.06. The first-order valence-corrected chi connectivity index (χ1v) is 4.41. The highest BCUT2D eigenvalue weighted by molar-refractivity contribution is 5.36. The Morgan fingerprint density at radius 2 is 2.31 bits per heavy atom. The van der Waals surface area contributed by atoms with Gasteiger partial charge in [-0.2, -0.15) is 4.99 Å². The van der Waals surface area contributed by atoms with E-state index in [1.54, 1.807) is 6.08 Å². The Morgan fingerprint density at radius 1 is 1.54 bits per heavy atom. The van der Waals surface area contributed by atoms with Crippen molar-refractivity contribution >= 4 is 6.08 Å². The Labute approximate surface area is 78.3 Å². The summed E-state index contributed by atoms with van der Waals surface area (Å²) in [5, 5.41) is 0. The summed E-state index contributed by atoms with van der Waals surface area (Å²) in [7, 11) is 0. The number of aliphatic imine (C=N–C) groups is 1. The predicted molar refractivity (Wildman–Crippen MR) is 52.3 cm³/mol. The molecule has 0 fully saturated rings. The van der Waals surface area contributed by atoms with Gasteiger partial charge in [0.25, 0.3) is 0 Å². The van der Waals surface area contributed by atoms with E-state index in [-0.39, 0.29) is 6.04 Å². The lowest BCUT2D eigenvalue weighted by Crippen LogP contribution is -1.93. The van der Waals surface area contributed by atoms with E-state index in [0.29, 0.717) is 0 Å². The van der Waals surface area contributed by atoms with Crippen LogP contribution in [-0.2, 0) is 4.79 Å². The first-order chi connectivity index (χ1) is 6.27. The van der Waals surface area contributed by atoms with Crippen molar-refractivity contribution in [2.45, 2.75) is 26.3 Å². The molecule has 13 heavy (non-hydrogen) atoms. The molecule has 0 aliphatic heterocycles. The van der Waals surface area contributed by atoms with E-state index in [0.717, 1.165) is 12.0 Å². The van der Waals surface area contributed by atoms with E-state index in [9.17, 15) is 4.79 Å². The molecule has 1 atom stereocenters. The van der Waals surface area contributed by atoms with Crippen molar-refractivity contribution in [3.05, 3.63) is 35.4 Å².